The molecule has 1 aliphatic rings. The maximum Gasteiger partial charge on any atom is 0.319 e. The number of carbonyl (C=O) groups excluding carboxylic acids is 1. The summed E-state index contributed by atoms with van der Waals surface area (Å²) in [6, 6.07) is 14.4. The summed E-state index contributed by atoms with van der Waals surface area (Å²) >= 11 is 0. The second-order valence-corrected chi connectivity index (χ2v) is 7.43. The molecule has 0 saturated heterocycles. The highest BCUT2D eigenvalue weighted by atomic mass is 16.4. The van der Waals surface area contributed by atoms with Crippen LogP contribution in [-0.4, -0.2) is 28.1 Å². The summed E-state index contributed by atoms with van der Waals surface area (Å²) in [5.41, 5.74) is 3.08. The lowest BCUT2D eigenvalue weighted by atomic mass is 10.0. The third-order valence-electron chi connectivity index (χ3n) is 4.96. The van der Waals surface area contributed by atoms with E-state index in [9.17, 15) is 9.59 Å². The zero-order valence-corrected chi connectivity index (χ0v) is 15.9. The van der Waals surface area contributed by atoms with Crippen molar-refractivity contribution in [2.24, 2.45) is 0 Å². The molecule has 1 heterocycles. The van der Waals surface area contributed by atoms with Crippen LogP contribution in [0.3, 0.4) is 0 Å². The lowest BCUT2D eigenvalue weighted by Crippen LogP contribution is -2.39. The lowest BCUT2D eigenvalue weighted by molar-refractivity contribution is -0.137. The van der Waals surface area contributed by atoms with Gasteiger partial charge in [0.15, 0.2) is 11.5 Å². The Morgan fingerprint density at radius 2 is 1.97 bits per heavy atom. The van der Waals surface area contributed by atoms with E-state index in [1.54, 1.807) is 18.2 Å². The van der Waals surface area contributed by atoms with Crippen LogP contribution in [0.4, 0.5) is 10.5 Å². The van der Waals surface area contributed by atoms with Crippen molar-refractivity contribution in [3.8, 4) is 0 Å². The predicted molar refractivity (Wildman–Crippen MR) is 109 cm³/mol. The minimum atomic E-state index is -0.881. The molecule has 1 unspecified atom stereocenters. The van der Waals surface area contributed by atoms with Crippen LogP contribution >= 0.6 is 0 Å². The summed E-state index contributed by atoms with van der Waals surface area (Å²) in [6.45, 7) is 0. The first-order chi connectivity index (χ1) is 14.1. The van der Waals surface area contributed by atoms with E-state index in [-0.39, 0.29) is 18.5 Å². The van der Waals surface area contributed by atoms with Gasteiger partial charge < -0.3 is 20.2 Å². The Labute approximate surface area is 168 Å². The molecular formula is C22H23N3O4. The van der Waals surface area contributed by atoms with Crippen molar-refractivity contribution in [2.45, 2.75) is 44.1 Å². The highest BCUT2D eigenvalue weighted by molar-refractivity contribution is 5.91. The van der Waals surface area contributed by atoms with Crippen molar-refractivity contribution in [2.75, 3.05) is 5.32 Å². The Bertz CT molecular complexity index is 1010. The zero-order chi connectivity index (χ0) is 20.2. The number of urea groups is 1. The van der Waals surface area contributed by atoms with E-state index in [0.29, 0.717) is 30.0 Å². The van der Waals surface area contributed by atoms with Gasteiger partial charge >= 0.3 is 12.0 Å². The predicted octanol–water partition coefficient (Wildman–Crippen LogP) is 4.30. The first-order valence-electron chi connectivity index (χ1n) is 9.80. The molecule has 1 fully saturated rings. The standard InChI is InChI=1S/C22H23N3O4/c26-20(27)11-9-16(12-14-4-2-1-3-5-14)23-22(28)24-17-8-10-19-18(13-17)25-21(29-19)15-6-7-15/h1-5,8,10,13,15-16H,6-7,9,11-12H2,(H,26,27)(H2,23,24,28). The smallest absolute Gasteiger partial charge is 0.319 e. The molecule has 150 valence electrons. The van der Waals surface area contributed by atoms with Gasteiger partial charge in [-0.25, -0.2) is 9.78 Å². The van der Waals surface area contributed by atoms with Crippen LogP contribution in [-0.2, 0) is 11.2 Å². The monoisotopic (exact) mass is 393 g/mol. The van der Waals surface area contributed by atoms with Gasteiger partial charge in [0, 0.05) is 24.1 Å². The van der Waals surface area contributed by atoms with Gasteiger partial charge in [0.05, 0.1) is 0 Å². The van der Waals surface area contributed by atoms with E-state index in [0.717, 1.165) is 29.8 Å². The van der Waals surface area contributed by atoms with E-state index >= 15 is 0 Å². The number of carboxylic acid groups (broad SMARTS) is 1. The normalized spacial score (nSPS) is 14.5. The molecule has 4 rings (SSSR count). The average molecular weight is 393 g/mol. The molecule has 0 radical (unpaired) electrons. The minimum absolute atomic E-state index is 0.00732. The van der Waals surface area contributed by atoms with Crippen LogP contribution in [0.15, 0.2) is 52.9 Å². The molecule has 1 aliphatic carbocycles. The van der Waals surface area contributed by atoms with Gasteiger partial charge in [-0.05, 0) is 49.4 Å². The molecule has 7 nitrogen and oxygen atoms in total. The zero-order valence-electron chi connectivity index (χ0n) is 15.9. The minimum Gasteiger partial charge on any atom is -0.481 e. The van der Waals surface area contributed by atoms with Gasteiger partial charge in [-0.2, -0.15) is 0 Å². The number of aliphatic carboxylic acids is 1. The third kappa shape index (κ3) is 5.13. The maximum atomic E-state index is 12.5. The number of aromatic nitrogens is 1. The number of nitrogens with zero attached hydrogens (tertiary/aromatic N) is 1. The van der Waals surface area contributed by atoms with Crippen LogP contribution in [0.5, 0.6) is 0 Å². The first kappa shape index (κ1) is 19.0. The maximum absolute atomic E-state index is 12.5. The average Bonchev–Trinajstić information content (AvgIpc) is 3.46. The van der Waals surface area contributed by atoms with Gasteiger partial charge in [0.2, 0.25) is 0 Å². The molecule has 3 N–H and O–H groups in total. The molecule has 3 aromatic rings. The number of anilines is 1. The van der Waals surface area contributed by atoms with Crippen LogP contribution in [0.25, 0.3) is 11.1 Å². The number of amides is 2. The highest BCUT2D eigenvalue weighted by Crippen LogP contribution is 2.40. The number of carboxylic acids is 1. The van der Waals surface area contributed by atoms with Crippen molar-refractivity contribution in [3.63, 3.8) is 0 Å². The first-order valence-corrected chi connectivity index (χ1v) is 9.80. The van der Waals surface area contributed by atoms with Gasteiger partial charge in [-0.3, -0.25) is 4.79 Å². The molecule has 1 saturated carbocycles. The Balaban J connectivity index is 1.40. The summed E-state index contributed by atoms with van der Waals surface area (Å²) in [5.74, 6) is 0.307. The van der Waals surface area contributed by atoms with Gasteiger partial charge in [-0.15, -0.1) is 0 Å². The summed E-state index contributed by atoms with van der Waals surface area (Å²) in [7, 11) is 0. The Morgan fingerprint density at radius 1 is 1.17 bits per heavy atom. The van der Waals surface area contributed by atoms with Gasteiger partial charge in [0.25, 0.3) is 0 Å². The number of carbonyl (C=O) groups is 2. The Hall–Kier alpha value is -3.35. The van der Waals surface area contributed by atoms with Crippen LogP contribution < -0.4 is 10.6 Å². The highest BCUT2D eigenvalue weighted by Gasteiger charge is 2.28. The van der Waals surface area contributed by atoms with Gasteiger partial charge in [-0.1, -0.05) is 30.3 Å². The van der Waals surface area contributed by atoms with Crippen LogP contribution in [0, 0.1) is 0 Å². The number of hydrogen-bond donors (Lipinski definition) is 3. The summed E-state index contributed by atoms with van der Waals surface area (Å²) in [6.07, 6.45) is 3.13. The number of nitrogens with one attached hydrogen (secondary N) is 2. The summed E-state index contributed by atoms with van der Waals surface area (Å²) in [4.78, 5) is 28.0. The molecular weight excluding hydrogens is 370 g/mol. The fourth-order valence-corrected chi connectivity index (χ4v) is 3.30. The van der Waals surface area contributed by atoms with Gasteiger partial charge in [0.1, 0.15) is 5.52 Å². The van der Waals surface area contributed by atoms with E-state index in [4.69, 9.17) is 9.52 Å². The number of hydrogen-bond acceptors (Lipinski definition) is 4. The van der Waals surface area contributed by atoms with Crippen molar-refractivity contribution in [1.82, 2.24) is 10.3 Å². The summed E-state index contributed by atoms with van der Waals surface area (Å²) < 4.78 is 5.74. The molecule has 0 aliphatic heterocycles. The number of fused-ring (bicyclic) bond motifs is 1. The molecule has 1 aromatic heterocycles. The van der Waals surface area contributed by atoms with E-state index < -0.39 is 5.97 Å². The number of oxazole rings is 1. The summed E-state index contributed by atoms with van der Waals surface area (Å²) in [5, 5.41) is 14.7. The second-order valence-electron chi connectivity index (χ2n) is 7.43. The topological polar surface area (TPSA) is 104 Å². The van der Waals surface area contributed by atoms with Crippen LogP contribution in [0.1, 0.15) is 43.1 Å². The number of rotatable bonds is 8. The molecule has 29 heavy (non-hydrogen) atoms. The largest absolute Gasteiger partial charge is 0.481 e. The van der Waals surface area contributed by atoms with Crippen molar-refractivity contribution in [3.05, 3.63) is 60.0 Å². The molecule has 1 atom stereocenters. The van der Waals surface area contributed by atoms with E-state index in [1.165, 1.54) is 0 Å². The fraction of sp³-hybridized carbons (Fsp3) is 0.318. The Kier molecular flexibility index (Phi) is 5.46. The molecule has 7 heteroatoms. The SMILES string of the molecule is O=C(O)CCC(Cc1ccccc1)NC(=O)Nc1ccc2oc(C3CC3)nc2c1. The quantitative estimate of drug-likeness (QED) is 0.529. The van der Waals surface area contributed by atoms with Crippen molar-refractivity contribution < 1.29 is 19.1 Å². The lowest BCUT2D eigenvalue weighted by Gasteiger charge is -2.18. The van der Waals surface area contributed by atoms with E-state index in [2.05, 4.69) is 15.6 Å². The van der Waals surface area contributed by atoms with E-state index in [1.807, 2.05) is 30.3 Å². The van der Waals surface area contributed by atoms with Crippen molar-refractivity contribution >= 4 is 28.8 Å². The number of benzene rings is 2. The molecule has 2 amide bonds. The fourth-order valence-electron chi connectivity index (χ4n) is 3.30. The van der Waals surface area contributed by atoms with Crippen LogP contribution in [0.2, 0.25) is 0 Å². The Morgan fingerprint density at radius 3 is 2.69 bits per heavy atom. The molecule has 0 spiro atoms. The molecule has 0 bridgehead atoms. The second kappa shape index (κ2) is 8.34. The molecule has 2 aromatic carbocycles. The third-order valence-corrected chi connectivity index (χ3v) is 4.96. The van der Waals surface area contributed by atoms with Crippen molar-refractivity contribution in [1.29, 1.82) is 0 Å².